The van der Waals surface area contributed by atoms with Gasteiger partial charge >= 0.3 is 0 Å². The SMILES string of the molecule is CN(C)c1cc(C(=O)N2CCC[C@H]2Cn2cccn2)ccn1. The molecule has 116 valence electrons. The number of carbonyl (C=O) groups excluding carboxylic acids is 1. The van der Waals surface area contributed by atoms with E-state index in [1.165, 1.54) is 0 Å². The smallest absolute Gasteiger partial charge is 0.254 e. The fourth-order valence-corrected chi connectivity index (χ4v) is 2.88. The summed E-state index contributed by atoms with van der Waals surface area (Å²) in [5, 5.41) is 4.25. The quantitative estimate of drug-likeness (QED) is 0.861. The standard InChI is InChI=1S/C16H21N5O/c1-19(2)15-11-13(6-8-17-15)16(22)21-10-3-5-14(21)12-20-9-4-7-18-20/h4,6-9,11,14H,3,5,10,12H2,1-2H3/t14-/m0/s1. The van der Waals surface area contributed by atoms with Crippen LogP contribution in [-0.4, -0.2) is 52.3 Å². The third-order valence-corrected chi connectivity index (χ3v) is 4.05. The van der Waals surface area contributed by atoms with Crippen LogP contribution in [0.5, 0.6) is 0 Å². The van der Waals surface area contributed by atoms with Gasteiger partial charge in [-0.15, -0.1) is 0 Å². The maximum absolute atomic E-state index is 12.8. The van der Waals surface area contributed by atoms with Crippen LogP contribution in [0.2, 0.25) is 0 Å². The Hall–Kier alpha value is -2.37. The molecule has 1 fully saturated rings. The van der Waals surface area contributed by atoms with Crippen molar-refractivity contribution >= 4 is 11.7 Å². The molecule has 1 aliphatic heterocycles. The van der Waals surface area contributed by atoms with Crippen molar-refractivity contribution in [3.8, 4) is 0 Å². The van der Waals surface area contributed by atoms with Crippen LogP contribution in [0.25, 0.3) is 0 Å². The van der Waals surface area contributed by atoms with Crippen molar-refractivity contribution in [1.82, 2.24) is 19.7 Å². The van der Waals surface area contributed by atoms with Crippen molar-refractivity contribution in [2.45, 2.75) is 25.4 Å². The highest BCUT2D eigenvalue weighted by Crippen LogP contribution is 2.22. The molecule has 0 unspecified atom stereocenters. The van der Waals surface area contributed by atoms with E-state index in [4.69, 9.17) is 0 Å². The Kier molecular flexibility index (Phi) is 4.09. The van der Waals surface area contributed by atoms with Gasteiger partial charge in [-0.3, -0.25) is 9.48 Å². The number of rotatable bonds is 4. The molecule has 3 heterocycles. The van der Waals surface area contributed by atoms with Crippen molar-refractivity contribution < 1.29 is 4.79 Å². The first-order chi connectivity index (χ1) is 10.6. The number of aromatic nitrogens is 3. The lowest BCUT2D eigenvalue weighted by Gasteiger charge is -2.25. The fourth-order valence-electron chi connectivity index (χ4n) is 2.88. The average molecular weight is 299 g/mol. The second kappa shape index (κ2) is 6.17. The molecule has 0 N–H and O–H groups in total. The Morgan fingerprint density at radius 3 is 3.00 bits per heavy atom. The molecular formula is C16H21N5O. The zero-order valence-electron chi connectivity index (χ0n) is 13.0. The van der Waals surface area contributed by atoms with Gasteiger partial charge in [-0.2, -0.15) is 5.10 Å². The summed E-state index contributed by atoms with van der Waals surface area (Å²) in [5.41, 5.74) is 0.700. The van der Waals surface area contributed by atoms with E-state index >= 15 is 0 Å². The molecular weight excluding hydrogens is 278 g/mol. The number of likely N-dealkylation sites (tertiary alicyclic amines) is 1. The Balaban J connectivity index is 1.77. The molecule has 0 aromatic carbocycles. The van der Waals surface area contributed by atoms with E-state index in [9.17, 15) is 4.79 Å². The first kappa shape index (κ1) is 14.6. The largest absolute Gasteiger partial charge is 0.363 e. The monoisotopic (exact) mass is 299 g/mol. The third-order valence-electron chi connectivity index (χ3n) is 4.05. The van der Waals surface area contributed by atoms with Crippen LogP contribution in [0.4, 0.5) is 5.82 Å². The molecule has 1 atom stereocenters. The highest BCUT2D eigenvalue weighted by molar-refractivity contribution is 5.95. The van der Waals surface area contributed by atoms with Gasteiger partial charge in [-0.05, 0) is 31.0 Å². The molecule has 3 rings (SSSR count). The van der Waals surface area contributed by atoms with E-state index in [2.05, 4.69) is 10.1 Å². The molecule has 1 saturated heterocycles. The number of amides is 1. The van der Waals surface area contributed by atoms with Crippen molar-refractivity contribution in [2.24, 2.45) is 0 Å². The molecule has 6 nitrogen and oxygen atoms in total. The summed E-state index contributed by atoms with van der Waals surface area (Å²) in [6, 6.07) is 5.76. The molecule has 22 heavy (non-hydrogen) atoms. The summed E-state index contributed by atoms with van der Waals surface area (Å²) in [6.07, 6.45) is 7.48. The lowest BCUT2D eigenvalue weighted by molar-refractivity contribution is 0.0721. The second-order valence-electron chi connectivity index (χ2n) is 5.82. The number of pyridine rings is 1. The van der Waals surface area contributed by atoms with E-state index in [0.29, 0.717) is 5.56 Å². The van der Waals surface area contributed by atoms with E-state index in [1.807, 2.05) is 46.9 Å². The summed E-state index contributed by atoms with van der Waals surface area (Å²) in [5.74, 6) is 0.883. The second-order valence-corrected chi connectivity index (χ2v) is 5.82. The lowest BCUT2D eigenvalue weighted by atomic mass is 10.2. The Morgan fingerprint density at radius 2 is 2.27 bits per heavy atom. The molecule has 0 spiro atoms. The molecule has 2 aromatic heterocycles. The predicted molar refractivity (Wildman–Crippen MR) is 84.8 cm³/mol. The first-order valence-electron chi connectivity index (χ1n) is 7.57. The van der Waals surface area contributed by atoms with Crippen LogP contribution in [0.3, 0.4) is 0 Å². The van der Waals surface area contributed by atoms with Crippen LogP contribution in [0.1, 0.15) is 23.2 Å². The molecule has 1 aliphatic rings. The number of carbonyl (C=O) groups is 1. The topological polar surface area (TPSA) is 54.3 Å². The molecule has 0 bridgehead atoms. The van der Waals surface area contributed by atoms with Gasteiger partial charge in [0, 0.05) is 44.8 Å². The van der Waals surface area contributed by atoms with Crippen LogP contribution in [-0.2, 0) is 6.54 Å². The summed E-state index contributed by atoms with van der Waals surface area (Å²) in [6.45, 7) is 1.56. The summed E-state index contributed by atoms with van der Waals surface area (Å²) < 4.78 is 1.90. The normalized spacial score (nSPS) is 17.7. The lowest BCUT2D eigenvalue weighted by Crippen LogP contribution is -2.38. The maximum Gasteiger partial charge on any atom is 0.254 e. The zero-order valence-corrected chi connectivity index (χ0v) is 13.0. The minimum Gasteiger partial charge on any atom is -0.363 e. The van der Waals surface area contributed by atoms with Gasteiger partial charge < -0.3 is 9.80 Å². The molecule has 0 aliphatic carbocycles. The van der Waals surface area contributed by atoms with E-state index in [0.717, 1.165) is 31.7 Å². The zero-order chi connectivity index (χ0) is 15.5. The minimum absolute atomic E-state index is 0.0835. The Bertz CT molecular complexity index is 638. The average Bonchev–Trinajstić information content (AvgIpc) is 3.19. The Labute approximate surface area is 130 Å². The molecule has 1 amide bonds. The van der Waals surface area contributed by atoms with Crippen LogP contribution in [0.15, 0.2) is 36.8 Å². The Morgan fingerprint density at radius 1 is 1.41 bits per heavy atom. The van der Waals surface area contributed by atoms with Crippen molar-refractivity contribution in [3.05, 3.63) is 42.4 Å². The van der Waals surface area contributed by atoms with Gasteiger partial charge in [0.05, 0.1) is 12.6 Å². The van der Waals surface area contributed by atoms with Crippen LogP contribution >= 0.6 is 0 Å². The number of hydrogen-bond donors (Lipinski definition) is 0. The van der Waals surface area contributed by atoms with Crippen LogP contribution < -0.4 is 4.90 Å². The minimum atomic E-state index is 0.0835. The first-order valence-corrected chi connectivity index (χ1v) is 7.57. The predicted octanol–water partition coefficient (Wildman–Crippen LogP) is 1.65. The summed E-state index contributed by atoms with van der Waals surface area (Å²) >= 11 is 0. The molecule has 0 saturated carbocycles. The number of nitrogens with zero attached hydrogens (tertiary/aromatic N) is 5. The van der Waals surface area contributed by atoms with Gasteiger partial charge in [-0.25, -0.2) is 4.98 Å². The van der Waals surface area contributed by atoms with Gasteiger partial charge in [-0.1, -0.05) is 0 Å². The van der Waals surface area contributed by atoms with E-state index < -0.39 is 0 Å². The van der Waals surface area contributed by atoms with Gasteiger partial charge in [0.25, 0.3) is 5.91 Å². The maximum atomic E-state index is 12.8. The van der Waals surface area contributed by atoms with Gasteiger partial charge in [0.2, 0.25) is 0 Å². The fraction of sp³-hybridized carbons (Fsp3) is 0.438. The molecule has 2 aromatic rings. The molecule has 0 radical (unpaired) electrons. The molecule has 6 heteroatoms. The van der Waals surface area contributed by atoms with Crippen molar-refractivity contribution in [2.75, 3.05) is 25.5 Å². The highest BCUT2D eigenvalue weighted by atomic mass is 16.2. The highest BCUT2D eigenvalue weighted by Gasteiger charge is 2.30. The van der Waals surface area contributed by atoms with Crippen molar-refractivity contribution in [1.29, 1.82) is 0 Å². The number of hydrogen-bond acceptors (Lipinski definition) is 4. The van der Waals surface area contributed by atoms with Gasteiger partial charge in [0.1, 0.15) is 5.82 Å². The van der Waals surface area contributed by atoms with Gasteiger partial charge in [0.15, 0.2) is 0 Å². The van der Waals surface area contributed by atoms with E-state index in [1.54, 1.807) is 18.5 Å². The summed E-state index contributed by atoms with van der Waals surface area (Å²) in [4.78, 5) is 21.0. The van der Waals surface area contributed by atoms with Crippen molar-refractivity contribution in [3.63, 3.8) is 0 Å². The number of anilines is 1. The third kappa shape index (κ3) is 2.95. The van der Waals surface area contributed by atoms with E-state index in [-0.39, 0.29) is 11.9 Å². The van der Waals surface area contributed by atoms with Crippen LogP contribution in [0, 0.1) is 0 Å². The summed E-state index contributed by atoms with van der Waals surface area (Å²) in [7, 11) is 3.85.